The van der Waals surface area contributed by atoms with Crippen LogP contribution in [0.15, 0.2) is 18.2 Å². The van der Waals surface area contributed by atoms with Crippen LogP contribution in [0, 0.1) is 17.6 Å². The van der Waals surface area contributed by atoms with Gasteiger partial charge in [0, 0.05) is 6.04 Å². The maximum Gasteiger partial charge on any atom is 0.159 e. The fourth-order valence-corrected chi connectivity index (χ4v) is 1.80. The molecule has 102 valence electrons. The molecule has 5 heteroatoms. The van der Waals surface area contributed by atoms with Gasteiger partial charge in [0.05, 0.1) is 19.3 Å². The fraction of sp³-hybridized carbons (Fsp3) is 0.538. The Kier molecular flexibility index (Phi) is 5.65. The fourth-order valence-electron chi connectivity index (χ4n) is 1.80. The molecule has 0 saturated carbocycles. The van der Waals surface area contributed by atoms with Crippen molar-refractivity contribution in [1.29, 1.82) is 0 Å². The lowest BCUT2D eigenvalue weighted by Crippen LogP contribution is -2.40. The molecule has 0 aliphatic heterocycles. The Morgan fingerprint density at radius 2 is 1.72 bits per heavy atom. The first kappa shape index (κ1) is 15.0. The number of hydrogen-bond acceptors (Lipinski definition) is 3. The molecule has 0 aliphatic rings. The normalized spacial score (nSPS) is 13.3. The number of aliphatic hydroxyl groups excluding tert-OH is 2. The molecule has 0 amide bonds. The van der Waals surface area contributed by atoms with E-state index < -0.39 is 17.7 Å². The molecule has 1 aromatic rings. The van der Waals surface area contributed by atoms with E-state index >= 15 is 0 Å². The molecule has 0 heterocycles. The third kappa shape index (κ3) is 3.73. The van der Waals surface area contributed by atoms with Crippen LogP contribution in [-0.2, 0) is 0 Å². The van der Waals surface area contributed by atoms with Crippen LogP contribution in [0.4, 0.5) is 8.78 Å². The largest absolute Gasteiger partial charge is 0.395 e. The van der Waals surface area contributed by atoms with Crippen molar-refractivity contribution >= 4 is 0 Å². The van der Waals surface area contributed by atoms with Crippen molar-refractivity contribution in [1.82, 2.24) is 5.32 Å². The van der Waals surface area contributed by atoms with E-state index in [9.17, 15) is 8.78 Å². The van der Waals surface area contributed by atoms with Crippen molar-refractivity contribution in [2.45, 2.75) is 25.9 Å². The van der Waals surface area contributed by atoms with Crippen LogP contribution < -0.4 is 5.32 Å². The maximum absolute atomic E-state index is 13.2. The van der Waals surface area contributed by atoms with Crippen LogP contribution in [0.25, 0.3) is 0 Å². The SMILES string of the molecule is CC(C)[C@@H](NC(CO)CO)c1ccc(F)c(F)c1. The lowest BCUT2D eigenvalue weighted by atomic mass is 9.95. The average molecular weight is 259 g/mol. The van der Waals surface area contributed by atoms with Crippen LogP contribution in [0.3, 0.4) is 0 Å². The molecule has 1 aromatic carbocycles. The third-order valence-electron chi connectivity index (χ3n) is 2.83. The summed E-state index contributed by atoms with van der Waals surface area (Å²) in [5.74, 6) is -1.68. The molecule has 1 atom stereocenters. The number of hydrogen-bond donors (Lipinski definition) is 3. The van der Waals surface area contributed by atoms with Crippen molar-refractivity contribution in [3.63, 3.8) is 0 Å². The smallest absolute Gasteiger partial charge is 0.159 e. The predicted octanol–water partition coefficient (Wildman–Crippen LogP) is 1.60. The lowest BCUT2D eigenvalue weighted by molar-refractivity contribution is 0.154. The number of rotatable bonds is 6. The molecular formula is C13H19F2NO2. The molecule has 0 spiro atoms. The summed E-state index contributed by atoms with van der Waals surface area (Å²) in [6.45, 7) is 3.41. The molecule has 0 aromatic heterocycles. The second-order valence-corrected chi connectivity index (χ2v) is 4.62. The first-order valence-electron chi connectivity index (χ1n) is 5.92. The second kappa shape index (κ2) is 6.78. The van der Waals surface area contributed by atoms with Crippen LogP contribution in [-0.4, -0.2) is 29.5 Å². The highest BCUT2D eigenvalue weighted by Gasteiger charge is 2.20. The van der Waals surface area contributed by atoms with Gasteiger partial charge in [0.2, 0.25) is 0 Å². The van der Waals surface area contributed by atoms with Gasteiger partial charge in [0.15, 0.2) is 11.6 Å². The summed E-state index contributed by atoms with van der Waals surface area (Å²) in [5.41, 5.74) is 0.593. The molecule has 18 heavy (non-hydrogen) atoms. The van der Waals surface area contributed by atoms with E-state index in [2.05, 4.69) is 5.32 Å². The summed E-state index contributed by atoms with van der Waals surface area (Å²) in [4.78, 5) is 0. The monoisotopic (exact) mass is 259 g/mol. The molecule has 0 radical (unpaired) electrons. The van der Waals surface area contributed by atoms with E-state index in [4.69, 9.17) is 10.2 Å². The zero-order valence-corrected chi connectivity index (χ0v) is 10.5. The molecule has 0 bridgehead atoms. The van der Waals surface area contributed by atoms with Crippen LogP contribution >= 0.6 is 0 Å². The molecule has 0 aliphatic carbocycles. The van der Waals surface area contributed by atoms with E-state index in [0.29, 0.717) is 5.56 Å². The molecule has 0 fully saturated rings. The first-order chi connectivity index (χ1) is 8.49. The van der Waals surface area contributed by atoms with Gasteiger partial charge < -0.3 is 15.5 Å². The number of halogens is 2. The third-order valence-corrected chi connectivity index (χ3v) is 2.83. The first-order valence-corrected chi connectivity index (χ1v) is 5.92. The van der Waals surface area contributed by atoms with Gasteiger partial charge in [0.1, 0.15) is 0 Å². The molecule has 3 nitrogen and oxygen atoms in total. The summed E-state index contributed by atoms with van der Waals surface area (Å²) < 4.78 is 26.1. The molecule has 0 unspecified atom stereocenters. The van der Waals surface area contributed by atoms with Crippen molar-refractivity contribution in [3.05, 3.63) is 35.4 Å². The Morgan fingerprint density at radius 1 is 1.11 bits per heavy atom. The van der Waals surface area contributed by atoms with E-state index in [0.717, 1.165) is 12.1 Å². The molecular weight excluding hydrogens is 240 g/mol. The Hall–Kier alpha value is -1.04. The zero-order chi connectivity index (χ0) is 13.7. The van der Waals surface area contributed by atoms with Crippen LogP contribution in [0.2, 0.25) is 0 Å². The van der Waals surface area contributed by atoms with E-state index in [1.807, 2.05) is 13.8 Å². The standard InChI is InChI=1S/C13H19F2NO2/c1-8(2)13(16-10(6-17)7-18)9-3-4-11(14)12(15)5-9/h3-5,8,10,13,16-18H,6-7H2,1-2H3/t13-/m1/s1. The van der Waals surface area contributed by atoms with Gasteiger partial charge in [-0.3, -0.25) is 0 Å². The second-order valence-electron chi connectivity index (χ2n) is 4.62. The van der Waals surface area contributed by atoms with Crippen molar-refractivity contribution < 1.29 is 19.0 Å². The molecule has 3 N–H and O–H groups in total. The van der Waals surface area contributed by atoms with Gasteiger partial charge in [-0.1, -0.05) is 19.9 Å². The van der Waals surface area contributed by atoms with Crippen molar-refractivity contribution in [2.24, 2.45) is 5.92 Å². The minimum absolute atomic E-state index is 0.107. The summed E-state index contributed by atoms with van der Waals surface area (Å²) in [6, 6.07) is 2.98. The predicted molar refractivity (Wildman–Crippen MR) is 65.0 cm³/mol. The zero-order valence-electron chi connectivity index (χ0n) is 10.5. The van der Waals surface area contributed by atoms with Gasteiger partial charge in [-0.15, -0.1) is 0 Å². The Labute approximate surface area is 105 Å². The summed E-state index contributed by atoms with van der Waals surface area (Å²) in [5, 5.41) is 21.1. The van der Waals surface area contributed by atoms with Gasteiger partial charge in [-0.2, -0.15) is 0 Å². The van der Waals surface area contributed by atoms with Gasteiger partial charge in [-0.05, 0) is 23.6 Å². The number of aliphatic hydroxyl groups is 2. The minimum Gasteiger partial charge on any atom is -0.395 e. The molecule has 0 saturated heterocycles. The highest BCUT2D eigenvalue weighted by atomic mass is 19.2. The summed E-state index contributed by atoms with van der Waals surface area (Å²) in [7, 11) is 0. The summed E-state index contributed by atoms with van der Waals surface area (Å²) >= 11 is 0. The highest BCUT2D eigenvalue weighted by Crippen LogP contribution is 2.23. The Balaban J connectivity index is 2.93. The maximum atomic E-state index is 13.2. The van der Waals surface area contributed by atoms with Crippen LogP contribution in [0.5, 0.6) is 0 Å². The van der Waals surface area contributed by atoms with E-state index in [1.165, 1.54) is 6.07 Å². The quantitative estimate of drug-likeness (QED) is 0.727. The van der Waals surface area contributed by atoms with E-state index in [1.54, 1.807) is 0 Å². The van der Waals surface area contributed by atoms with Crippen molar-refractivity contribution in [3.8, 4) is 0 Å². The Bertz CT molecular complexity index is 381. The van der Waals surface area contributed by atoms with Crippen LogP contribution in [0.1, 0.15) is 25.5 Å². The average Bonchev–Trinajstić information content (AvgIpc) is 2.34. The highest BCUT2D eigenvalue weighted by molar-refractivity contribution is 5.22. The minimum atomic E-state index is -0.899. The number of nitrogens with one attached hydrogen (secondary N) is 1. The Morgan fingerprint density at radius 3 is 2.17 bits per heavy atom. The summed E-state index contributed by atoms with van der Waals surface area (Å²) in [6.07, 6.45) is 0. The van der Waals surface area contributed by atoms with Gasteiger partial charge in [-0.25, -0.2) is 8.78 Å². The van der Waals surface area contributed by atoms with Gasteiger partial charge >= 0.3 is 0 Å². The molecule has 1 rings (SSSR count). The number of benzene rings is 1. The van der Waals surface area contributed by atoms with Crippen molar-refractivity contribution in [2.75, 3.05) is 13.2 Å². The van der Waals surface area contributed by atoms with E-state index in [-0.39, 0.29) is 25.2 Å². The van der Waals surface area contributed by atoms with Gasteiger partial charge in [0.25, 0.3) is 0 Å². The topological polar surface area (TPSA) is 52.5 Å². The lowest BCUT2D eigenvalue weighted by Gasteiger charge is -2.27.